The highest BCUT2D eigenvalue weighted by Crippen LogP contribution is 2.13. The molecule has 0 rings (SSSR count). The van der Waals surface area contributed by atoms with Gasteiger partial charge in [0.15, 0.2) is 0 Å². The number of carbonyl (C=O) groups excluding carboxylic acids is 3. The van der Waals surface area contributed by atoms with Crippen LogP contribution in [-0.4, -0.2) is 159 Å². The van der Waals surface area contributed by atoms with Gasteiger partial charge in [-0.25, -0.2) is 0 Å². The van der Waals surface area contributed by atoms with Crippen molar-refractivity contribution in [2.24, 2.45) is 0 Å². The summed E-state index contributed by atoms with van der Waals surface area (Å²) in [5.74, 6) is 0.299. The van der Waals surface area contributed by atoms with Gasteiger partial charge in [-0.1, -0.05) is 169 Å². The van der Waals surface area contributed by atoms with Crippen LogP contribution in [0.5, 0.6) is 0 Å². The van der Waals surface area contributed by atoms with Crippen molar-refractivity contribution >= 4 is 17.7 Å². The molecule has 0 aliphatic rings. The van der Waals surface area contributed by atoms with E-state index < -0.39 is 0 Å². The maximum absolute atomic E-state index is 12.6. The molecule has 0 aromatic rings. The molecule has 0 unspecified atom stereocenters. The van der Waals surface area contributed by atoms with Crippen molar-refractivity contribution < 1.29 is 29.7 Å². The summed E-state index contributed by atoms with van der Waals surface area (Å²) in [6.07, 6.45) is 35.1. The molecule has 66 heavy (non-hydrogen) atoms. The van der Waals surface area contributed by atoms with E-state index in [2.05, 4.69) is 51.8 Å². The third-order valence-corrected chi connectivity index (χ3v) is 12.2. The molecule has 0 atom stereocenters. The average Bonchev–Trinajstić information content (AvgIpc) is 3.31. The van der Waals surface area contributed by atoms with Gasteiger partial charge in [0.2, 0.25) is 17.7 Å². The summed E-state index contributed by atoms with van der Waals surface area (Å²) >= 11 is 0. The highest BCUT2D eigenvalue weighted by Gasteiger charge is 2.13. The maximum atomic E-state index is 12.6. The second kappa shape index (κ2) is 55.7. The van der Waals surface area contributed by atoms with Crippen molar-refractivity contribution in [3.63, 3.8) is 0 Å². The lowest BCUT2D eigenvalue weighted by Crippen LogP contribution is -2.40. The molecule has 0 aliphatic carbocycles. The molecular formula is C53H111N7O6. The van der Waals surface area contributed by atoms with Crippen molar-refractivity contribution in [3.8, 4) is 0 Å². The van der Waals surface area contributed by atoms with Crippen molar-refractivity contribution in [2.45, 2.75) is 214 Å². The average molecular weight is 943 g/mol. The topological polar surface area (TPSA) is 170 Å². The molecule has 0 saturated carbocycles. The zero-order chi connectivity index (χ0) is 48.8. The molecule has 0 aromatic heterocycles. The van der Waals surface area contributed by atoms with Gasteiger partial charge in [0, 0.05) is 104 Å². The van der Waals surface area contributed by atoms with Gasteiger partial charge in [-0.15, -0.1) is 0 Å². The molecule has 13 heteroatoms. The molecule has 0 saturated heterocycles. The van der Waals surface area contributed by atoms with Crippen LogP contribution in [0.2, 0.25) is 0 Å². The number of carbonyl (C=O) groups is 3. The first-order valence-electron chi connectivity index (χ1n) is 27.8. The highest BCUT2D eigenvalue weighted by molar-refractivity contribution is 5.77. The Labute approximate surface area is 407 Å². The van der Waals surface area contributed by atoms with Crippen LogP contribution in [0.15, 0.2) is 0 Å². The van der Waals surface area contributed by atoms with Gasteiger partial charge in [0.25, 0.3) is 0 Å². The third kappa shape index (κ3) is 51.5. The van der Waals surface area contributed by atoms with E-state index in [1.165, 1.54) is 141 Å². The quantitative estimate of drug-likeness (QED) is 0.0296. The normalized spacial score (nSPS) is 11.4. The Bertz CT molecular complexity index is 955. The minimum Gasteiger partial charge on any atom is -0.395 e. The standard InChI is InChI=1S/C41H84N4O3.C12H27N3O3/c1-4-7-9-11-13-15-17-19-21-23-25-27-31-42-40(47)29-34-45(37-36-44(33-6-3)38-39-46)35-30-41(48)43-32-28-26-24-22-20-18-16-14-12-10-8-5-2;1-2-4-14-12(18)3-5-13-6-7-15(8-10-16)9-11-17/h46H,4-39H2,1-3H3,(H,42,47)(H,43,48);13,16-17H,2-11H2,1H3,(H,14,18). The van der Waals surface area contributed by atoms with Crippen LogP contribution >= 0.6 is 0 Å². The van der Waals surface area contributed by atoms with Crippen molar-refractivity contribution in [3.05, 3.63) is 0 Å². The zero-order valence-corrected chi connectivity index (χ0v) is 43.9. The van der Waals surface area contributed by atoms with E-state index in [4.69, 9.17) is 10.2 Å². The molecule has 13 nitrogen and oxygen atoms in total. The predicted octanol–water partition coefficient (Wildman–Crippen LogP) is 8.19. The lowest BCUT2D eigenvalue weighted by molar-refractivity contribution is -0.122. The molecule has 3 amide bonds. The number of nitrogens with one attached hydrogen (secondary N) is 4. The van der Waals surface area contributed by atoms with Gasteiger partial charge >= 0.3 is 0 Å². The van der Waals surface area contributed by atoms with E-state index in [9.17, 15) is 19.5 Å². The van der Waals surface area contributed by atoms with Crippen molar-refractivity contribution in [2.75, 3.05) is 111 Å². The number of hydrogen-bond acceptors (Lipinski definition) is 10. The fraction of sp³-hybridized carbons (Fsp3) is 0.943. The zero-order valence-electron chi connectivity index (χ0n) is 43.9. The molecule has 0 bridgehead atoms. The second-order valence-electron chi connectivity index (χ2n) is 18.5. The molecule has 7 N–H and O–H groups in total. The van der Waals surface area contributed by atoms with Gasteiger partial charge < -0.3 is 41.5 Å². The first-order valence-corrected chi connectivity index (χ1v) is 27.8. The van der Waals surface area contributed by atoms with Crippen LogP contribution in [0.4, 0.5) is 0 Å². The number of nitrogens with zero attached hydrogens (tertiary/aromatic N) is 3. The first kappa shape index (κ1) is 66.2. The van der Waals surface area contributed by atoms with Crippen LogP contribution in [0.1, 0.15) is 214 Å². The van der Waals surface area contributed by atoms with Gasteiger partial charge in [0.05, 0.1) is 19.8 Å². The highest BCUT2D eigenvalue weighted by atomic mass is 16.3. The monoisotopic (exact) mass is 942 g/mol. The molecule has 0 heterocycles. The van der Waals surface area contributed by atoms with E-state index in [-0.39, 0.29) is 37.5 Å². The van der Waals surface area contributed by atoms with E-state index in [0.29, 0.717) is 58.5 Å². The minimum absolute atomic E-state index is 0.0759. The number of unbranched alkanes of at least 4 members (excludes halogenated alkanes) is 22. The fourth-order valence-corrected chi connectivity index (χ4v) is 8.03. The van der Waals surface area contributed by atoms with Crippen LogP contribution in [0.3, 0.4) is 0 Å². The van der Waals surface area contributed by atoms with E-state index >= 15 is 0 Å². The van der Waals surface area contributed by atoms with E-state index in [1.54, 1.807) is 0 Å². The van der Waals surface area contributed by atoms with Gasteiger partial charge in [-0.3, -0.25) is 24.2 Å². The first-order chi connectivity index (χ1) is 32.3. The fourth-order valence-electron chi connectivity index (χ4n) is 8.03. The van der Waals surface area contributed by atoms with Crippen LogP contribution in [0, 0.1) is 0 Å². The Hall–Kier alpha value is -1.87. The molecule has 0 aliphatic heterocycles. The lowest BCUT2D eigenvalue weighted by atomic mass is 10.1. The molecular weight excluding hydrogens is 831 g/mol. The van der Waals surface area contributed by atoms with Gasteiger partial charge in [-0.2, -0.15) is 0 Å². The summed E-state index contributed by atoms with van der Waals surface area (Å²) in [7, 11) is 0. The summed E-state index contributed by atoms with van der Waals surface area (Å²) in [5.41, 5.74) is 0. The summed E-state index contributed by atoms with van der Waals surface area (Å²) in [6, 6.07) is 0. The van der Waals surface area contributed by atoms with E-state index in [1.807, 2.05) is 11.8 Å². The van der Waals surface area contributed by atoms with Crippen molar-refractivity contribution in [1.82, 2.24) is 36.0 Å². The number of amides is 3. The Morgan fingerprint density at radius 1 is 0.303 bits per heavy atom. The molecule has 0 radical (unpaired) electrons. The number of aliphatic hydroxyl groups is 3. The maximum Gasteiger partial charge on any atom is 0.221 e. The van der Waals surface area contributed by atoms with Crippen LogP contribution in [0.25, 0.3) is 0 Å². The summed E-state index contributed by atoms with van der Waals surface area (Å²) < 4.78 is 0. The Kier molecular flexibility index (Phi) is 55.9. The van der Waals surface area contributed by atoms with Crippen LogP contribution < -0.4 is 21.3 Å². The Balaban J connectivity index is 0. The molecule has 0 aromatic carbocycles. The van der Waals surface area contributed by atoms with Crippen molar-refractivity contribution in [1.29, 1.82) is 0 Å². The SMILES string of the molecule is CCCCCCCCCCCCCCNC(=O)CCN(CCC(=O)NCCCCCCCCCCCCCC)CCN(CCC)CCO.CCCNC(=O)CCNCCN(CCO)CCO. The number of aliphatic hydroxyl groups excluding tert-OH is 3. The lowest BCUT2D eigenvalue weighted by Gasteiger charge is -2.27. The smallest absolute Gasteiger partial charge is 0.221 e. The van der Waals surface area contributed by atoms with Gasteiger partial charge in [-0.05, 0) is 32.2 Å². The van der Waals surface area contributed by atoms with Crippen LogP contribution in [-0.2, 0) is 14.4 Å². The van der Waals surface area contributed by atoms with Gasteiger partial charge in [0.1, 0.15) is 0 Å². The second-order valence-corrected chi connectivity index (χ2v) is 18.5. The number of rotatable bonds is 51. The minimum atomic E-state index is 0.0759. The summed E-state index contributed by atoms with van der Waals surface area (Å²) in [6.45, 7) is 19.2. The largest absolute Gasteiger partial charge is 0.395 e. The molecule has 0 fully saturated rings. The number of hydrogen-bond donors (Lipinski definition) is 7. The molecule has 394 valence electrons. The predicted molar refractivity (Wildman–Crippen MR) is 279 cm³/mol. The van der Waals surface area contributed by atoms with E-state index in [0.717, 1.165) is 78.0 Å². The Morgan fingerprint density at radius 2 is 0.636 bits per heavy atom. The summed E-state index contributed by atoms with van der Waals surface area (Å²) in [5, 5.41) is 39.3. The third-order valence-electron chi connectivity index (χ3n) is 12.2. The molecule has 0 spiro atoms. The summed E-state index contributed by atoms with van der Waals surface area (Å²) in [4.78, 5) is 43.0. The Morgan fingerprint density at radius 3 is 1.00 bits per heavy atom.